The predicted molar refractivity (Wildman–Crippen MR) is 47.5 cm³/mol. The van der Waals surface area contributed by atoms with Gasteiger partial charge in [0.15, 0.2) is 0 Å². The van der Waals surface area contributed by atoms with E-state index in [1.165, 1.54) is 6.42 Å². The summed E-state index contributed by atoms with van der Waals surface area (Å²) in [5.74, 6) is 0.559. The average Bonchev–Trinajstić information content (AvgIpc) is 1.96. The zero-order valence-corrected chi connectivity index (χ0v) is 7.14. The summed E-state index contributed by atoms with van der Waals surface area (Å²) in [4.78, 5) is 0. The van der Waals surface area contributed by atoms with Gasteiger partial charge in [0.25, 0.3) is 0 Å². The Morgan fingerprint density at radius 1 is 1.82 bits per heavy atom. The summed E-state index contributed by atoms with van der Waals surface area (Å²) in [7, 11) is 0. The Bertz CT molecular complexity index is 181. The lowest BCUT2D eigenvalue weighted by Crippen LogP contribution is -2.21. The summed E-state index contributed by atoms with van der Waals surface area (Å²) in [6.07, 6.45) is 8.01. The van der Waals surface area contributed by atoms with Crippen molar-refractivity contribution >= 4 is 0 Å². The quantitative estimate of drug-likeness (QED) is 0.602. The van der Waals surface area contributed by atoms with Gasteiger partial charge in [-0.25, -0.2) is 0 Å². The van der Waals surface area contributed by atoms with Crippen LogP contribution in [0, 0.1) is 5.41 Å². The van der Waals surface area contributed by atoms with E-state index in [-0.39, 0.29) is 5.41 Å². The molecule has 0 spiro atoms. The van der Waals surface area contributed by atoms with Gasteiger partial charge in [0.2, 0.25) is 0 Å². The molecule has 1 rings (SSSR count). The van der Waals surface area contributed by atoms with E-state index in [4.69, 9.17) is 0 Å². The fourth-order valence-corrected chi connectivity index (χ4v) is 1.63. The van der Waals surface area contributed by atoms with Gasteiger partial charge in [-0.15, -0.1) is 6.58 Å². The second-order valence-corrected chi connectivity index (χ2v) is 3.54. The van der Waals surface area contributed by atoms with Crippen LogP contribution in [0.1, 0.15) is 32.6 Å². The van der Waals surface area contributed by atoms with Gasteiger partial charge in [0.1, 0.15) is 0 Å². The first-order valence-corrected chi connectivity index (χ1v) is 4.19. The van der Waals surface area contributed by atoms with Crippen LogP contribution in [0.25, 0.3) is 0 Å². The summed E-state index contributed by atoms with van der Waals surface area (Å²) in [6, 6.07) is 0. The zero-order valence-electron chi connectivity index (χ0n) is 7.14. The second-order valence-electron chi connectivity index (χ2n) is 3.54. The van der Waals surface area contributed by atoms with Crippen molar-refractivity contribution in [1.82, 2.24) is 0 Å². The lowest BCUT2D eigenvalue weighted by atomic mass is 9.76. The van der Waals surface area contributed by atoms with Crippen LogP contribution in [0.4, 0.5) is 0 Å². The van der Waals surface area contributed by atoms with Crippen molar-refractivity contribution in [2.24, 2.45) is 5.41 Å². The van der Waals surface area contributed by atoms with Gasteiger partial charge in [0.05, 0.1) is 5.76 Å². The molecule has 1 aliphatic rings. The van der Waals surface area contributed by atoms with Crippen LogP contribution < -0.4 is 0 Å². The minimum Gasteiger partial charge on any atom is -0.512 e. The van der Waals surface area contributed by atoms with E-state index in [2.05, 4.69) is 13.5 Å². The summed E-state index contributed by atoms with van der Waals surface area (Å²) < 4.78 is 0. The van der Waals surface area contributed by atoms with Crippen molar-refractivity contribution in [1.29, 1.82) is 0 Å². The second kappa shape index (κ2) is 3.12. The van der Waals surface area contributed by atoms with Gasteiger partial charge in [0, 0.05) is 5.41 Å². The maximum atomic E-state index is 9.57. The smallest absolute Gasteiger partial charge is 0.0944 e. The summed E-state index contributed by atoms with van der Waals surface area (Å²) in [6.45, 7) is 5.79. The minimum absolute atomic E-state index is 0.0139. The molecule has 1 unspecified atom stereocenters. The molecule has 1 aliphatic carbocycles. The fourth-order valence-electron chi connectivity index (χ4n) is 1.63. The molecular weight excluding hydrogens is 136 g/mol. The standard InChI is InChI=1S/C10H16O/c1-3-7-10(2)8-5-4-6-9(10)11/h3,6,11H,1,4-5,7-8H2,2H3. The molecule has 11 heavy (non-hydrogen) atoms. The van der Waals surface area contributed by atoms with Crippen molar-refractivity contribution in [2.45, 2.75) is 32.6 Å². The van der Waals surface area contributed by atoms with E-state index in [0.717, 1.165) is 19.3 Å². The van der Waals surface area contributed by atoms with E-state index in [1.54, 1.807) is 0 Å². The molecule has 0 radical (unpaired) electrons. The van der Waals surface area contributed by atoms with Crippen LogP contribution in [0.5, 0.6) is 0 Å². The monoisotopic (exact) mass is 152 g/mol. The number of aliphatic hydroxyl groups is 1. The molecule has 0 fully saturated rings. The first-order valence-electron chi connectivity index (χ1n) is 4.19. The van der Waals surface area contributed by atoms with E-state index in [9.17, 15) is 5.11 Å². The highest BCUT2D eigenvalue weighted by molar-refractivity contribution is 5.10. The number of rotatable bonds is 2. The molecule has 0 aromatic rings. The molecule has 1 nitrogen and oxygen atoms in total. The van der Waals surface area contributed by atoms with E-state index < -0.39 is 0 Å². The fraction of sp³-hybridized carbons (Fsp3) is 0.600. The molecule has 0 heterocycles. The molecule has 0 aromatic heterocycles. The first kappa shape index (κ1) is 8.38. The topological polar surface area (TPSA) is 20.2 Å². The van der Waals surface area contributed by atoms with Gasteiger partial charge in [-0.05, 0) is 31.8 Å². The normalized spacial score (nSPS) is 31.2. The van der Waals surface area contributed by atoms with Crippen LogP contribution >= 0.6 is 0 Å². The van der Waals surface area contributed by atoms with Crippen molar-refractivity contribution in [2.75, 3.05) is 0 Å². The molecule has 1 heteroatoms. The third kappa shape index (κ3) is 1.65. The largest absolute Gasteiger partial charge is 0.512 e. The molecule has 0 amide bonds. The van der Waals surface area contributed by atoms with Gasteiger partial charge >= 0.3 is 0 Å². The third-order valence-corrected chi connectivity index (χ3v) is 2.48. The number of hydrogen-bond donors (Lipinski definition) is 1. The minimum atomic E-state index is -0.0139. The summed E-state index contributed by atoms with van der Waals surface area (Å²) >= 11 is 0. The van der Waals surface area contributed by atoms with Gasteiger partial charge in [-0.3, -0.25) is 0 Å². The predicted octanol–water partition coefficient (Wildman–Crippen LogP) is 3.19. The average molecular weight is 152 g/mol. The Morgan fingerprint density at radius 3 is 3.09 bits per heavy atom. The van der Waals surface area contributed by atoms with E-state index >= 15 is 0 Å². The third-order valence-electron chi connectivity index (χ3n) is 2.48. The molecule has 0 bridgehead atoms. The van der Waals surface area contributed by atoms with Gasteiger partial charge in [-0.2, -0.15) is 0 Å². The van der Waals surface area contributed by atoms with Crippen LogP contribution in [-0.2, 0) is 0 Å². The molecule has 62 valence electrons. The number of aliphatic hydroxyl groups excluding tert-OH is 1. The van der Waals surface area contributed by atoms with Crippen LogP contribution in [-0.4, -0.2) is 5.11 Å². The Kier molecular flexibility index (Phi) is 2.38. The molecule has 0 saturated carbocycles. The molecule has 1 N–H and O–H groups in total. The SMILES string of the molecule is C=CCC1(C)CCCC=C1O. The Labute approximate surface area is 68.4 Å². The lowest BCUT2D eigenvalue weighted by molar-refractivity contribution is 0.207. The van der Waals surface area contributed by atoms with Crippen molar-refractivity contribution in [3.05, 3.63) is 24.5 Å². The van der Waals surface area contributed by atoms with Gasteiger partial charge in [-0.1, -0.05) is 13.0 Å². The lowest BCUT2D eigenvalue weighted by Gasteiger charge is -2.30. The Morgan fingerprint density at radius 2 is 2.55 bits per heavy atom. The summed E-state index contributed by atoms with van der Waals surface area (Å²) in [5.41, 5.74) is -0.0139. The Hall–Kier alpha value is -0.720. The number of hydrogen-bond acceptors (Lipinski definition) is 1. The maximum Gasteiger partial charge on any atom is 0.0944 e. The first-order chi connectivity index (χ1) is 5.19. The van der Waals surface area contributed by atoms with Crippen LogP contribution in [0.15, 0.2) is 24.5 Å². The van der Waals surface area contributed by atoms with Gasteiger partial charge < -0.3 is 5.11 Å². The maximum absolute atomic E-state index is 9.57. The van der Waals surface area contributed by atoms with Crippen LogP contribution in [0.3, 0.4) is 0 Å². The molecular formula is C10H16O. The zero-order chi connectivity index (χ0) is 8.32. The van der Waals surface area contributed by atoms with E-state index in [1.807, 2.05) is 12.2 Å². The van der Waals surface area contributed by atoms with E-state index in [0.29, 0.717) is 5.76 Å². The summed E-state index contributed by atoms with van der Waals surface area (Å²) in [5, 5.41) is 9.57. The van der Waals surface area contributed by atoms with Crippen molar-refractivity contribution in [3.63, 3.8) is 0 Å². The highest BCUT2D eigenvalue weighted by Crippen LogP contribution is 2.38. The number of allylic oxidation sites excluding steroid dienone is 3. The highest BCUT2D eigenvalue weighted by Gasteiger charge is 2.29. The highest BCUT2D eigenvalue weighted by atomic mass is 16.3. The van der Waals surface area contributed by atoms with Crippen LogP contribution in [0.2, 0.25) is 0 Å². The van der Waals surface area contributed by atoms with Crippen molar-refractivity contribution in [3.8, 4) is 0 Å². The molecule has 0 aliphatic heterocycles. The molecule has 0 saturated heterocycles. The molecule has 0 aromatic carbocycles. The van der Waals surface area contributed by atoms with Crippen molar-refractivity contribution < 1.29 is 5.11 Å². The Balaban J connectivity index is 2.73. The molecule has 1 atom stereocenters.